The summed E-state index contributed by atoms with van der Waals surface area (Å²) in [4.78, 5) is 43.6. The smallest absolute Gasteiger partial charge is 0.340 e. The van der Waals surface area contributed by atoms with Crippen molar-refractivity contribution in [3.63, 3.8) is 0 Å². The Bertz CT molecular complexity index is 1130. The second-order valence-corrected chi connectivity index (χ2v) is 7.13. The lowest BCUT2D eigenvalue weighted by Gasteiger charge is -2.16. The Labute approximate surface area is 174 Å². The average Bonchev–Trinajstić information content (AvgIpc) is 3.34. The van der Waals surface area contributed by atoms with Gasteiger partial charge >= 0.3 is 11.9 Å². The number of nitrogens with one attached hydrogen (secondary N) is 1. The van der Waals surface area contributed by atoms with E-state index in [1.807, 2.05) is 42.5 Å². The number of carbonyl (C=O) groups excluding carboxylic acids is 3. The van der Waals surface area contributed by atoms with Crippen molar-refractivity contribution in [2.24, 2.45) is 0 Å². The number of fused-ring (bicyclic) bond motifs is 1. The maximum atomic E-state index is 13.3. The van der Waals surface area contributed by atoms with Gasteiger partial charge in [-0.05, 0) is 37.5 Å². The number of hydrogen-bond donors (Lipinski definition) is 1. The van der Waals surface area contributed by atoms with E-state index < -0.39 is 17.7 Å². The minimum absolute atomic E-state index is 0.108. The Hall–Kier alpha value is -3.67. The van der Waals surface area contributed by atoms with E-state index in [1.54, 1.807) is 26.0 Å². The summed E-state index contributed by atoms with van der Waals surface area (Å²) in [5.41, 5.74) is 3.74. The zero-order valence-corrected chi connectivity index (χ0v) is 16.9. The topological polar surface area (TPSA) is 79.5 Å². The Morgan fingerprint density at radius 2 is 1.73 bits per heavy atom. The molecule has 2 aromatic carbocycles. The molecule has 6 heteroatoms. The minimum atomic E-state index is -0.677. The zero-order chi connectivity index (χ0) is 21.3. The van der Waals surface area contributed by atoms with Crippen LogP contribution in [0.2, 0.25) is 0 Å². The second kappa shape index (κ2) is 7.99. The van der Waals surface area contributed by atoms with Crippen LogP contribution in [0.1, 0.15) is 39.0 Å². The van der Waals surface area contributed by atoms with E-state index in [-0.39, 0.29) is 17.9 Å². The van der Waals surface area contributed by atoms with Crippen molar-refractivity contribution in [1.29, 1.82) is 0 Å². The number of benzene rings is 2. The molecule has 152 valence electrons. The first-order chi connectivity index (χ1) is 14.5. The van der Waals surface area contributed by atoms with Gasteiger partial charge in [0, 0.05) is 23.5 Å². The van der Waals surface area contributed by atoms with E-state index >= 15 is 0 Å². The van der Waals surface area contributed by atoms with Crippen molar-refractivity contribution in [1.82, 2.24) is 4.98 Å². The lowest BCUT2D eigenvalue weighted by atomic mass is 9.98. The third-order valence-corrected chi connectivity index (χ3v) is 5.28. The lowest BCUT2D eigenvalue weighted by Crippen LogP contribution is -2.35. The quantitative estimate of drug-likeness (QED) is 0.398. The average molecular weight is 402 g/mol. The van der Waals surface area contributed by atoms with Crippen LogP contribution in [0.3, 0.4) is 0 Å². The molecule has 1 aliphatic heterocycles. The van der Waals surface area contributed by atoms with Crippen LogP contribution in [-0.2, 0) is 16.0 Å². The number of esters is 1. The predicted molar refractivity (Wildman–Crippen MR) is 114 cm³/mol. The summed E-state index contributed by atoms with van der Waals surface area (Å²) in [6.45, 7) is 4.09. The molecule has 0 atom stereocenters. The van der Waals surface area contributed by atoms with Crippen molar-refractivity contribution in [3.05, 3.63) is 77.1 Å². The maximum absolute atomic E-state index is 13.3. The summed E-state index contributed by atoms with van der Waals surface area (Å²) in [6, 6.07) is 16.7. The second-order valence-electron chi connectivity index (χ2n) is 7.13. The van der Waals surface area contributed by atoms with Crippen LogP contribution in [0.15, 0.2) is 54.6 Å². The van der Waals surface area contributed by atoms with E-state index in [2.05, 4.69) is 4.98 Å². The van der Waals surface area contributed by atoms with Crippen molar-refractivity contribution < 1.29 is 19.1 Å². The molecule has 0 radical (unpaired) electrons. The Kier molecular flexibility index (Phi) is 5.23. The molecule has 0 spiro atoms. The molecular formula is C24H22N2O4. The van der Waals surface area contributed by atoms with Gasteiger partial charge in [-0.25, -0.2) is 4.79 Å². The number of amides is 1. The van der Waals surface area contributed by atoms with Crippen molar-refractivity contribution in [2.75, 3.05) is 18.1 Å². The molecule has 6 nitrogen and oxygen atoms in total. The molecular weight excluding hydrogens is 380 g/mol. The number of para-hydroxylation sites is 1. The van der Waals surface area contributed by atoms with Crippen LogP contribution in [0.5, 0.6) is 0 Å². The fourth-order valence-electron chi connectivity index (χ4n) is 3.93. The first-order valence-corrected chi connectivity index (χ1v) is 9.92. The van der Waals surface area contributed by atoms with E-state index in [0.29, 0.717) is 29.8 Å². The molecule has 1 aromatic heterocycles. The fourth-order valence-corrected chi connectivity index (χ4v) is 3.93. The van der Waals surface area contributed by atoms with Gasteiger partial charge in [-0.2, -0.15) is 0 Å². The SMILES string of the molecule is CCOC(=O)c1c(C)[nH]c(C(=O)C(=O)N2CCc3ccccc32)c1-c1ccccc1. The molecule has 1 amide bonds. The zero-order valence-electron chi connectivity index (χ0n) is 16.9. The number of rotatable bonds is 5. The number of aromatic nitrogens is 1. The molecule has 0 fully saturated rings. The van der Waals surface area contributed by atoms with E-state index in [9.17, 15) is 14.4 Å². The van der Waals surface area contributed by atoms with Gasteiger partial charge in [0.15, 0.2) is 0 Å². The predicted octanol–water partition coefficient (Wildman–Crippen LogP) is 3.94. The lowest BCUT2D eigenvalue weighted by molar-refractivity contribution is -0.114. The van der Waals surface area contributed by atoms with Gasteiger partial charge in [-0.3, -0.25) is 9.59 Å². The van der Waals surface area contributed by atoms with E-state index in [1.165, 1.54) is 4.90 Å². The van der Waals surface area contributed by atoms with Crippen LogP contribution >= 0.6 is 0 Å². The number of ether oxygens (including phenoxy) is 1. The molecule has 4 rings (SSSR count). The first kappa shape index (κ1) is 19.6. The van der Waals surface area contributed by atoms with Gasteiger partial charge in [0.05, 0.1) is 12.2 Å². The molecule has 0 saturated heterocycles. The van der Waals surface area contributed by atoms with Crippen LogP contribution < -0.4 is 4.90 Å². The van der Waals surface area contributed by atoms with Crippen LogP contribution in [0.25, 0.3) is 11.1 Å². The Balaban J connectivity index is 1.79. The van der Waals surface area contributed by atoms with Crippen LogP contribution in [-0.4, -0.2) is 35.8 Å². The fraction of sp³-hybridized carbons (Fsp3) is 0.208. The van der Waals surface area contributed by atoms with Crippen molar-refractivity contribution in [2.45, 2.75) is 20.3 Å². The van der Waals surface area contributed by atoms with Crippen molar-refractivity contribution in [3.8, 4) is 11.1 Å². The number of aryl methyl sites for hydroxylation is 1. The Morgan fingerprint density at radius 3 is 2.47 bits per heavy atom. The summed E-state index contributed by atoms with van der Waals surface area (Å²) in [6.07, 6.45) is 0.707. The normalized spacial score (nSPS) is 12.5. The number of anilines is 1. The number of aromatic amines is 1. The summed E-state index contributed by atoms with van der Waals surface area (Å²) in [5.74, 6) is -1.82. The molecule has 1 N–H and O–H groups in total. The summed E-state index contributed by atoms with van der Waals surface area (Å²) in [7, 11) is 0. The molecule has 3 aromatic rings. The van der Waals surface area contributed by atoms with E-state index in [4.69, 9.17) is 4.74 Å². The molecule has 2 heterocycles. The Morgan fingerprint density at radius 1 is 1.03 bits per heavy atom. The number of nitrogens with zero attached hydrogens (tertiary/aromatic N) is 1. The first-order valence-electron chi connectivity index (χ1n) is 9.92. The van der Waals surface area contributed by atoms with Crippen LogP contribution in [0.4, 0.5) is 5.69 Å². The highest BCUT2D eigenvalue weighted by Crippen LogP contribution is 2.33. The number of Topliss-reactive ketones (excluding diaryl/α,β-unsaturated/α-hetero) is 1. The number of H-pyrrole nitrogens is 1. The monoisotopic (exact) mass is 402 g/mol. The van der Waals surface area contributed by atoms with Crippen LogP contribution in [0, 0.1) is 6.92 Å². The maximum Gasteiger partial charge on any atom is 0.340 e. The summed E-state index contributed by atoms with van der Waals surface area (Å²) >= 11 is 0. The molecule has 30 heavy (non-hydrogen) atoms. The number of hydrogen-bond acceptors (Lipinski definition) is 4. The van der Waals surface area contributed by atoms with Gasteiger partial charge in [0.1, 0.15) is 5.69 Å². The standard InChI is InChI=1S/C24H22N2O4/c1-3-30-24(29)19-15(2)25-21(20(19)17-10-5-4-6-11-17)22(27)23(28)26-14-13-16-9-7-8-12-18(16)26/h4-12,25H,3,13-14H2,1-2H3. The summed E-state index contributed by atoms with van der Waals surface area (Å²) < 4.78 is 5.21. The highest BCUT2D eigenvalue weighted by Gasteiger charge is 2.34. The summed E-state index contributed by atoms with van der Waals surface area (Å²) in [5, 5.41) is 0. The van der Waals surface area contributed by atoms with Gasteiger partial charge in [0.2, 0.25) is 0 Å². The van der Waals surface area contributed by atoms with Gasteiger partial charge in [0.25, 0.3) is 5.78 Å². The third-order valence-electron chi connectivity index (χ3n) is 5.28. The molecule has 0 saturated carbocycles. The number of carbonyl (C=O) groups is 3. The molecule has 1 aliphatic rings. The third kappa shape index (κ3) is 3.30. The molecule has 0 bridgehead atoms. The minimum Gasteiger partial charge on any atom is -0.462 e. The number of ketones is 1. The van der Waals surface area contributed by atoms with Gasteiger partial charge in [-0.15, -0.1) is 0 Å². The molecule has 0 aliphatic carbocycles. The van der Waals surface area contributed by atoms with E-state index in [0.717, 1.165) is 11.3 Å². The highest BCUT2D eigenvalue weighted by atomic mass is 16.5. The van der Waals surface area contributed by atoms with Gasteiger partial charge < -0.3 is 14.6 Å². The highest BCUT2D eigenvalue weighted by molar-refractivity contribution is 6.48. The van der Waals surface area contributed by atoms with Gasteiger partial charge in [-0.1, -0.05) is 48.5 Å². The largest absolute Gasteiger partial charge is 0.462 e. The molecule has 0 unspecified atom stereocenters. The van der Waals surface area contributed by atoms with Crippen molar-refractivity contribution >= 4 is 23.3 Å².